The molecule has 4 rings (SSSR count). The maximum Gasteiger partial charge on any atom is 0.233 e. The maximum absolute atomic E-state index is 13.3. The highest BCUT2D eigenvalue weighted by atomic mass is 32.2. The van der Waals surface area contributed by atoms with Crippen molar-refractivity contribution >= 4 is 39.2 Å². The zero-order valence-corrected chi connectivity index (χ0v) is 19.5. The molecule has 0 aliphatic carbocycles. The summed E-state index contributed by atoms with van der Waals surface area (Å²) in [7, 11) is 0. The number of nitrogens with zero attached hydrogens (tertiary/aromatic N) is 3. The van der Waals surface area contributed by atoms with E-state index in [2.05, 4.69) is 60.4 Å². The Balaban J connectivity index is 1.58. The maximum atomic E-state index is 13.3. The highest BCUT2D eigenvalue weighted by molar-refractivity contribution is 8.00. The van der Waals surface area contributed by atoms with Crippen molar-refractivity contribution in [2.24, 2.45) is 0 Å². The van der Waals surface area contributed by atoms with Gasteiger partial charge in [-0.05, 0) is 31.9 Å². The van der Waals surface area contributed by atoms with Gasteiger partial charge in [0.15, 0.2) is 0 Å². The lowest BCUT2D eigenvalue weighted by Gasteiger charge is -2.36. The Bertz CT molecular complexity index is 1170. The van der Waals surface area contributed by atoms with Gasteiger partial charge in [-0.1, -0.05) is 72.4 Å². The van der Waals surface area contributed by atoms with E-state index in [9.17, 15) is 4.79 Å². The molecule has 0 aliphatic rings. The second kappa shape index (κ2) is 9.20. The summed E-state index contributed by atoms with van der Waals surface area (Å²) in [5.74, 6) is 0.435. The van der Waals surface area contributed by atoms with Crippen molar-refractivity contribution in [1.82, 2.24) is 14.9 Å². The number of benzene rings is 2. The van der Waals surface area contributed by atoms with Crippen molar-refractivity contribution in [3.8, 4) is 11.1 Å². The van der Waals surface area contributed by atoms with Crippen LogP contribution in [-0.2, 0) is 11.3 Å². The van der Waals surface area contributed by atoms with Crippen LogP contribution in [0.5, 0.6) is 0 Å². The van der Waals surface area contributed by atoms with Crippen molar-refractivity contribution in [2.45, 2.75) is 37.9 Å². The molecule has 0 aliphatic heterocycles. The van der Waals surface area contributed by atoms with Crippen molar-refractivity contribution in [3.63, 3.8) is 0 Å². The Hall–Kier alpha value is -2.70. The summed E-state index contributed by atoms with van der Waals surface area (Å²) in [6.45, 7) is 6.83. The van der Waals surface area contributed by atoms with Crippen molar-refractivity contribution in [2.75, 3.05) is 5.75 Å². The zero-order chi connectivity index (χ0) is 21.8. The summed E-state index contributed by atoms with van der Waals surface area (Å²) in [6, 6.07) is 20.4. The lowest BCUT2D eigenvalue weighted by molar-refractivity contribution is -0.133. The molecule has 6 heteroatoms. The van der Waals surface area contributed by atoms with Crippen LogP contribution in [-0.4, -0.2) is 32.1 Å². The van der Waals surface area contributed by atoms with Crippen LogP contribution in [0.25, 0.3) is 21.3 Å². The third-order valence-electron chi connectivity index (χ3n) is 5.05. The summed E-state index contributed by atoms with van der Waals surface area (Å²) in [6.07, 6.45) is 1.59. The van der Waals surface area contributed by atoms with E-state index in [-0.39, 0.29) is 11.4 Å². The van der Waals surface area contributed by atoms with E-state index in [4.69, 9.17) is 0 Å². The number of thioether (sulfide) groups is 1. The minimum atomic E-state index is -0.272. The van der Waals surface area contributed by atoms with Gasteiger partial charge in [-0.15, -0.1) is 11.3 Å². The van der Waals surface area contributed by atoms with Gasteiger partial charge in [-0.3, -0.25) is 4.79 Å². The number of carbonyl (C=O) groups is 1. The van der Waals surface area contributed by atoms with E-state index in [1.54, 1.807) is 17.7 Å². The van der Waals surface area contributed by atoms with E-state index in [0.717, 1.165) is 31.9 Å². The molecule has 0 radical (unpaired) electrons. The van der Waals surface area contributed by atoms with Crippen LogP contribution in [0.2, 0.25) is 0 Å². The Kier molecular flexibility index (Phi) is 6.39. The number of carbonyl (C=O) groups excluding carboxylic acids is 1. The first-order valence-corrected chi connectivity index (χ1v) is 12.0. The molecule has 2 aromatic heterocycles. The molecule has 158 valence electrons. The van der Waals surface area contributed by atoms with Crippen LogP contribution in [0.1, 0.15) is 26.3 Å². The fourth-order valence-corrected chi connectivity index (χ4v) is 5.33. The monoisotopic (exact) mass is 447 g/mol. The summed E-state index contributed by atoms with van der Waals surface area (Å²) in [5, 5.41) is 4.01. The molecule has 0 saturated heterocycles. The standard InChI is InChI=1S/C25H25N3OS2/c1-25(2,3)28(14-18-10-6-4-7-11-18)21(29)16-31-24-22-20(19-12-8-5-9-13-19)15-30-23(22)26-17-27-24/h4-13,15,17H,14,16H2,1-3H3. The number of thiophene rings is 1. The first kappa shape index (κ1) is 21.5. The number of rotatable bonds is 6. The molecule has 4 aromatic rings. The van der Waals surface area contributed by atoms with Gasteiger partial charge < -0.3 is 4.90 Å². The number of fused-ring (bicyclic) bond motifs is 1. The largest absolute Gasteiger partial charge is 0.333 e. The summed E-state index contributed by atoms with van der Waals surface area (Å²) < 4.78 is 0. The third kappa shape index (κ3) is 4.97. The summed E-state index contributed by atoms with van der Waals surface area (Å²) in [4.78, 5) is 25.1. The van der Waals surface area contributed by atoms with Crippen molar-refractivity contribution < 1.29 is 4.79 Å². The molecule has 0 N–H and O–H groups in total. The van der Waals surface area contributed by atoms with E-state index in [1.165, 1.54) is 11.8 Å². The Morgan fingerprint density at radius 3 is 2.35 bits per heavy atom. The predicted molar refractivity (Wildman–Crippen MR) is 130 cm³/mol. The number of amides is 1. The van der Waals surface area contributed by atoms with Crippen LogP contribution in [0.3, 0.4) is 0 Å². The molecule has 0 fully saturated rings. The summed E-state index contributed by atoms with van der Waals surface area (Å²) in [5.41, 5.74) is 3.11. The quantitative estimate of drug-likeness (QED) is 0.258. The molecule has 4 nitrogen and oxygen atoms in total. The minimum Gasteiger partial charge on any atom is -0.333 e. The second-order valence-corrected chi connectivity index (χ2v) is 10.1. The van der Waals surface area contributed by atoms with Gasteiger partial charge in [0.2, 0.25) is 5.91 Å². The van der Waals surface area contributed by atoms with E-state index in [0.29, 0.717) is 12.3 Å². The molecule has 2 aromatic carbocycles. The lowest BCUT2D eigenvalue weighted by Crippen LogP contribution is -2.45. The van der Waals surface area contributed by atoms with E-state index < -0.39 is 0 Å². The highest BCUT2D eigenvalue weighted by Gasteiger charge is 2.27. The average Bonchev–Trinajstić information content (AvgIpc) is 3.21. The summed E-state index contributed by atoms with van der Waals surface area (Å²) >= 11 is 3.10. The average molecular weight is 448 g/mol. The van der Waals surface area contributed by atoms with Gasteiger partial charge in [0.25, 0.3) is 0 Å². The molecule has 0 bridgehead atoms. The van der Waals surface area contributed by atoms with Gasteiger partial charge in [0, 0.05) is 23.0 Å². The van der Waals surface area contributed by atoms with Crippen LogP contribution in [0, 0.1) is 0 Å². The zero-order valence-electron chi connectivity index (χ0n) is 17.9. The molecular weight excluding hydrogens is 422 g/mol. The molecule has 0 spiro atoms. The topological polar surface area (TPSA) is 46.1 Å². The van der Waals surface area contributed by atoms with E-state index in [1.807, 2.05) is 41.3 Å². The van der Waals surface area contributed by atoms with Gasteiger partial charge in [-0.25, -0.2) is 9.97 Å². The van der Waals surface area contributed by atoms with Crippen LogP contribution in [0.4, 0.5) is 0 Å². The van der Waals surface area contributed by atoms with Gasteiger partial charge in [0.1, 0.15) is 16.2 Å². The molecule has 2 heterocycles. The van der Waals surface area contributed by atoms with Crippen molar-refractivity contribution in [1.29, 1.82) is 0 Å². The number of aromatic nitrogens is 2. The molecule has 0 unspecified atom stereocenters. The third-order valence-corrected chi connectivity index (χ3v) is 6.91. The van der Waals surface area contributed by atoms with Gasteiger partial charge >= 0.3 is 0 Å². The SMILES string of the molecule is CC(C)(C)N(Cc1ccccc1)C(=O)CSc1ncnc2scc(-c3ccccc3)c12. The Morgan fingerprint density at radius 2 is 1.68 bits per heavy atom. The number of hydrogen-bond acceptors (Lipinski definition) is 5. The van der Waals surface area contributed by atoms with Crippen LogP contribution >= 0.6 is 23.1 Å². The first-order valence-electron chi connectivity index (χ1n) is 10.2. The fourth-order valence-electron chi connectivity index (χ4n) is 3.46. The normalized spacial score (nSPS) is 11.6. The Labute approximate surface area is 191 Å². The molecule has 31 heavy (non-hydrogen) atoms. The van der Waals surface area contributed by atoms with Gasteiger partial charge in [-0.2, -0.15) is 0 Å². The lowest BCUT2D eigenvalue weighted by atomic mass is 10.0. The molecular formula is C25H25N3OS2. The van der Waals surface area contributed by atoms with Crippen molar-refractivity contribution in [3.05, 3.63) is 77.9 Å². The predicted octanol–water partition coefficient (Wildman–Crippen LogP) is 6.28. The highest BCUT2D eigenvalue weighted by Crippen LogP contribution is 2.38. The van der Waals surface area contributed by atoms with Crippen LogP contribution in [0.15, 0.2) is 77.4 Å². The number of hydrogen-bond donors (Lipinski definition) is 0. The molecule has 0 saturated carbocycles. The second-order valence-electron chi connectivity index (χ2n) is 8.30. The minimum absolute atomic E-state index is 0.101. The smallest absolute Gasteiger partial charge is 0.233 e. The fraction of sp³-hybridized carbons (Fsp3) is 0.240. The molecule has 1 amide bonds. The first-order chi connectivity index (χ1) is 14.9. The Morgan fingerprint density at radius 1 is 1.00 bits per heavy atom. The van der Waals surface area contributed by atoms with Gasteiger partial charge in [0.05, 0.1) is 11.1 Å². The van der Waals surface area contributed by atoms with E-state index >= 15 is 0 Å². The molecule has 0 atom stereocenters. The van der Waals surface area contributed by atoms with Crippen LogP contribution < -0.4 is 0 Å².